The summed E-state index contributed by atoms with van der Waals surface area (Å²) in [5.74, 6) is 1.45. The highest BCUT2D eigenvalue weighted by atomic mass is 16.2. The van der Waals surface area contributed by atoms with Crippen LogP contribution < -0.4 is 5.73 Å². The normalized spacial score (nSPS) is 36.6. The Morgan fingerprint density at radius 3 is 2.33 bits per heavy atom. The highest BCUT2D eigenvalue weighted by Crippen LogP contribution is 2.31. The first-order valence-electron chi connectivity index (χ1n) is 7.64. The van der Waals surface area contributed by atoms with E-state index in [0.717, 1.165) is 25.2 Å². The number of amides is 1. The van der Waals surface area contributed by atoms with Crippen molar-refractivity contribution in [2.24, 2.45) is 17.6 Å². The van der Waals surface area contributed by atoms with Crippen molar-refractivity contribution in [2.75, 3.05) is 7.05 Å². The molecule has 0 saturated heterocycles. The Kier molecular flexibility index (Phi) is 4.66. The van der Waals surface area contributed by atoms with E-state index < -0.39 is 0 Å². The average Bonchev–Trinajstić information content (AvgIpc) is 2.84. The van der Waals surface area contributed by atoms with Crippen LogP contribution in [0.15, 0.2) is 0 Å². The van der Waals surface area contributed by atoms with Gasteiger partial charge in [0.15, 0.2) is 0 Å². The van der Waals surface area contributed by atoms with Gasteiger partial charge in [0, 0.05) is 25.0 Å². The fourth-order valence-electron chi connectivity index (χ4n) is 3.65. The summed E-state index contributed by atoms with van der Waals surface area (Å²) in [5.41, 5.74) is 5.91. The fourth-order valence-corrected chi connectivity index (χ4v) is 3.65. The van der Waals surface area contributed by atoms with Crippen molar-refractivity contribution in [1.29, 1.82) is 0 Å². The number of rotatable bonds is 3. The van der Waals surface area contributed by atoms with Gasteiger partial charge in [-0.15, -0.1) is 0 Å². The van der Waals surface area contributed by atoms with Crippen LogP contribution in [0.2, 0.25) is 0 Å². The van der Waals surface area contributed by atoms with Crippen molar-refractivity contribution in [3.8, 4) is 0 Å². The van der Waals surface area contributed by atoms with E-state index in [0.29, 0.717) is 11.9 Å². The summed E-state index contributed by atoms with van der Waals surface area (Å²) in [7, 11) is 2.00. The molecular formula is C15H28N2O. The van der Waals surface area contributed by atoms with Gasteiger partial charge in [-0.25, -0.2) is 0 Å². The van der Waals surface area contributed by atoms with E-state index in [4.69, 9.17) is 5.73 Å². The molecule has 18 heavy (non-hydrogen) atoms. The standard InChI is InChI=1S/C15H28N2O/c1-3-11-4-8-14(9-5-11)17(2)15(18)12-6-7-13(16)10-12/h11-14H,3-10,16H2,1-2H3. The second-order valence-corrected chi connectivity index (χ2v) is 6.30. The van der Waals surface area contributed by atoms with Crippen LogP contribution in [0, 0.1) is 11.8 Å². The third kappa shape index (κ3) is 3.05. The molecule has 0 aliphatic heterocycles. The van der Waals surface area contributed by atoms with E-state index in [-0.39, 0.29) is 12.0 Å². The Bertz CT molecular complexity index is 284. The first-order valence-corrected chi connectivity index (χ1v) is 7.64. The average molecular weight is 252 g/mol. The molecule has 3 heteroatoms. The maximum atomic E-state index is 12.4. The summed E-state index contributed by atoms with van der Waals surface area (Å²) >= 11 is 0. The first-order chi connectivity index (χ1) is 8.61. The van der Waals surface area contributed by atoms with Crippen LogP contribution in [0.3, 0.4) is 0 Å². The molecule has 0 aromatic carbocycles. The lowest BCUT2D eigenvalue weighted by molar-refractivity contribution is -0.136. The molecule has 0 bridgehead atoms. The number of nitrogens with two attached hydrogens (primary N) is 1. The Morgan fingerprint density at radius 2 is 1.83 bits per heavy atom. The molecule has 2 aliphatic rings. The van der Waals surface area contributed by atoms with Crippen molar-refractivity contribution < 1.29 is 4.79 Å². The predicted molar refractivity (Wildman–Crippen MR) is 74.1 cm³/mol. The SMILES string of the molecule is CCC1CCC(N(C)C(=O)C2CCC(N)C2)CC1. The monoisotopic (exact) mass is 252 g/mol. The molecule has 3 nitrogen and oxygen atoms in total. The van der Waals surface area contributed by atoms with E-state index in [1.54, 1.807) is 0 Å². The highest BCUT2D eigenvalue weighted by molar-refractivity contribution is 5.79. The van der Waals surface area contributed by atoms with Crippen molar-refractivity contribution in [3.05, 3.63) is 0 Å². The number of carbonyl (C=O) groups excluding carboxylic acids is 1. The van der Waals surface area contributed by atoms with Crippen LogP contribution in [0.1, 0.15) is 58.3 Å². The van der Waals surface area contributed by atoms with Gasteiger partial charge >= 0.3 is 0 Å². The minimum Gasteiger partial charge on any atom is -0.343 e. The quantitative estimate of drug-likeness (QED) is 0.839. The topological polar surface area (TPSA) is 46.3 Å². The third-order valence-electron chi connectivity index (χ3n) is 5.11. The van der Waals surface area contributed by atoms with Crippen LogP contribution in [0.25, 0.3) is 0 Å². The molecule has 2 fully saturated rings. The molecule has 2 rings (SSSR count). The maximum Gasteiger partial charge on any atom is 0.225 e. The summed E-state index contributed by atoms with van der Waals surface area (Å²) in [6, 6.07) is 0.736. The summed E-state index contributed by atoms with van der Waals surface area (Å²) in [6.07, 6.45) is 9.18. The fraction of sp³-hybridized carbons (Fsp3) is 0.933. The summed E-state index contributed by atoms with van der Waals surface area (Å²) in [5, 5.41) is 0. The van der Waals surface area contributed by atoms with Crippen LogP contribution in [0.4, 0.5) is 0 Å². The first kappa shape index (κ1) is 13.9. The van der Waals surface area contributed by atoms with Crippen LogP contribution >= 0.6 is 0 Å². The Hall–Kier alpha value is -0.570. The molecular weight excluding hydrogens is 224 g/mol. The summed E-state index contributed by atoms with van der Waals surface area (Å²) < 4.78 is 0. The van der Waals surface area contributed by atoms with Crippen LogP contribution in [0.5, 0.6) is 0 Å². The summed E-state index contributed by atoms with van der Waals surface area (Å²) in [6.45, 7) is 2.28. The van der Waals surface area contributed by atoms with Gasteiger partial charge in [-0.2, -0.15) is 0 Å². The molecule has 0 aromatic heterocycles. The molecule has 2 atom stereocenters. The Morgan fingerprint density at radius 1 is 1.17 bits per heavy atom. The van der Waals surface area contributed by atoms with Crippen molar-refractivity contribution in [2.45, 2.75) is 70.4 Å². The van der Waals surface area contributed by atoms with Crippen LogP contribution in [-0.4, -0.2) is 29.9 Å². The third-order valence-corrected chi connectivity index (χ3v) is 5.11. The minimum atomic E-state index is 0.203. The van der Waals surface area contributed by atoms with E-state index in [1.807, 2.05) is 11.9 Å². The molecule has 0 aromatic rings. The number of hydrogen-bond acceptors (Lipinski definition) is 2. The highest BCUT2D eigenvalue weighted by Gasteiger charge is 2.33. The molecule has 0 radical (unpaired) electrons. The number of nitrogens with zero attached hydrogens (tertiary/aromatic N) is 1. The van der Waals surface area contributed by atoms with E-state index in [2.05, 4.69) is 6.92 Å². The van der Waals surface area contributed by atoms with E-state index >= 15 is 0 Å². The second kappa shape index (κ2) is 6.05. The number of hydrogen-bond donors (Lipinski definition) is 1. The maximum absolute atomic E-state index is 12.4. The van der Waals surface area contributed by atoms with Gasteiger partial charge in [0.25, 0.3) is 0 Å². The van der Waals surface area contributed by atoms with Gasteiger partial charge < -0.3 is 10.6 Å². The second-order valence-electron chi connectivity index (χ2n) is 6.30. The minimum absolute atomic E-state index is 0.203. The molecule has 104 valence electrons. The van der Waals surface area contributed by atoms with Gasteiger partial charge in [-0.05, 0) is 50.9 Å². The van der Waals surface area contributed by atoms with Crippen molar-refractivity contribution >= 4 is 5.91 Å². The lowest BCUT2D eigenvalue weighted by Gasteiger charge is -2.35. The van der Waals surface area contributed by atoms with Crippen molar-refractivity contribution in [1.82, 2.24) is 4.90 Å². The Balaban J connectivity index is 1.84. The van der Waals surface area contributed by atoms with Crippen LogP contribution in [-0.2, 0) is 4.79 Å². The van der Waals surface area contributed by atoms with Gasteiger partial charge in [0.05, 0.1) is 0 Å². The molecule has 0 spiro atoms. The smallest absolute Gasteiger partial charge is 0.225 e. The predicted octanol–water partition coefficient (Wildman–Crippen LogP) is 2.54. The molecule has 2 saturated carbocycles. The molecule has 2 N–H and O–H groups in total. The van der Waals surface area contributed by atoms with Gasteiger partial charge in [-0.1, -0.05) is 13.3 Å². The van der Waals surface area contributed by atoms with Gasteiger partial charge in [0.1, 0.15) is 0 Å². The molecule has 1 amide bonds. The lowest BCUT2D eigenvalue weighted by atomic mass is 9.84. The largest absolute Gasteiger partial charge is 0.343 e. The number of carbonyl (C=O) groups is 1. The van der Waals surface area contributed by atoms with E-state index in [1.165, 1.54) is 32.1 Å². The van der Waals surface area contributed by atoms with E-state index in [9.17, 15) is 4.79 Å². The zero-order valence-electron chi connectivity index (χ0n) is 11.9. The van der Waals surface area contributed by atoms with Gasteiger partial charge in [0.2, 0.25) is 5.91 Å². The molecule has 2 aliphatic carbocycles. The lowest BCUT2D eigenvalue weighted by Crippen LogP contribution is -2.42. The molecule has 2 unspecified atom stereocenters. The summed E-state index contributed by atoms with van der Waals surface area (Å²) in [4.78, 5) is 14.4. The molecule has 0 heterocycles. The Labute approximate surface area is 111 Å². The zero-order valence-corrected chi connectivity index (χ0v) is 11.9. The van der Waals surface area contributed by atoms with Gasteiger partial charge in [-0.3, -0.25) is 4.79 Å². The van der Waals surface area contributed by atoms with Crippen molar-refractivity contribution in [3.63, 3.8) is 0 Å². The zero-order chi connectivity index (χ0) is 13.1.